The van der Waals surface area contributed by atoms with Crippen molar-refractivity contribution in [2.24, 2.45) is 0 Å². The van der Waals surface area contributed by atoms with E-state index in [-0.39, 0.29) is 12.3 Å². The van der Waals surface area contributed by atoms with E-state index in [1.54, 1.807) is 11.8 Å². The van der Waals surface area contributed by atoms with Gasteiger partial charge in [0.2, 0.25) is 5.91 Å². The van der Waals surface area contributed by atoms with Gasteiger partial charge in [-0.1, -0.05) is 17.7 Å². The van der Waals surface area contributed by atoms with Crippen LogP contribution < -0.4 is 14.8 Å². The fourth-order valence-corrected chi connectivity index (χ4v) is 4.46. The maximum Gasteiger partial charge on any atom is 0.231 e. The normalized spacial score (nSPS) is 12.6. The quantitative estimate of drug-likeness (QED) is 0.595. The summed E-state index contributed by atoms with van der Waals surface area (Å²) in [6, 6.07) is 13.7. The number of hydrogen-bond donors (Lipinski definition) is 1. The van der Waals surface area contributed by atoms with Crippen molar-refractivity contribution in [3.05, 3.63) is 64.1 Å². The predicted octanol–water partition coefficient (Wildman–Crippen LogP) is 4.70. The number of aromatic nitrogens is 1. The molecule has 5 nitrogen and oxygen atoms in total. The second-order valence-corrected chi connectivity index (χ2v) is 8.41. The fourth-order valence-electron chi connectivity index (χ4n) is 2.75. The molecule has 1 amide bonds. The topological polar surface area (TPSA) is 60.5 Å². The van der Waals surface area contributed by atoms with Crippen molar-refractivity contribution >= 4 is 34.7 Å². The first kappa shape index (κ1) is 18.8. The molecule has 0 radical (unpaired) electrons. The van der Waals surface area contributed by atoms with E-state index < -0.39 is 0 Å². The lowest BCUT2D eigenvalue weighted by Crippen LogP contribution is -2.15. The summed E-state index contributed by atoms with van der Waals surface area (Å²) in [5.41, 5.74) is 2.95. The van der Waals surface area contributed by atoms with E-state index in [0.29, 0.717) is 13.2 Å². The molecule has 28 heavy (non-hydrogen) atoms. The molecule has 144 valence electrons. The number of thiazole rings is 1. The van der Waals surface area contributed by atoms with E-state index in [0.717, 1.165) is 44.1 Å². The van der Waals surface area contributed by atoms with Gasteiger partial charge in [-0.15, -0.1) is 23.1 Å². The van der Waals surface area contributed by atoms with Crippen molar-refractivity contribution in [3.8, 4) is 11.5 Å². The zero-order valence-corrected chi connectivity index (χ0v) is 17.1. The number of fused-ring (bicyclic) bond motifs is 1. The molecule has 7 heteroatoms. The molecular weight excluding hydrogens is 392 g/mol. The van der Waals surface area contributed by atoms with Gasteiger partial charge < -0.3 is 14.8 Å². The first-order valence-corrected chi connectivity index (χ1v) is 10.8. The van der Waals surface area contributed by atoms with Gasteiger partial charge in [0.25, 0.3) is 0 Å². The predicted molar refractivity (Wildman–Crippen MR) is 113 cm³/mol. The number of hydrogen-bond acceptors (Lipinski definition) is 6. The molecule has 1 aliphatic rings. The number of anilines is 1. The third-order valence-corrected chi connectivity index (χ3v) is 6.07. The number of ether oxygens (including phenoxy) is 2. The monoisotopic (exact) mass is 412 g/mol. The molecule has 3 aromatic rings. The van der Waals surface area contributed by atoms with Crippen LogP contribution in [0.4, 0.5) is 5.69 Å². The summed E-state index contributed by atoms with van der Waals surface area (Å²) in [5.74, 6) is 2.29. The van der Waals surface area contributed by atoms with E-state index in [1.165, 1.54) is 11.3 Å². The summed E-state index contributed by atoms with van der Waals surface area (Å²) in [6.07, 6.45) is 0.285. The van der Waals surface area contributed by atoms with Crippen LogP contribution in [-0.4, -0.2) is 24.1 Å². The number of nitrogens with zero attached hydrogens (tertiary/aromatic N) is 1. The van der Waals surface area contributed by atoms with Crippen LogP contribution in [0, 0.1) is 6.92 Å². The summed E-state index contributed by atoms with van der Waals surface area (Å²) < 4.78 is 11.2. The van der Waals surface area contributed by atoms with E-state index in [4.69, 9.17) is 9.47 Å². The van der Waals surface area contributed by atoms with Crippen LogP contribution in [0.3, 0.4) is 0 Å². The third kappa shape index (κ3) is 4.85. The molecule has 2 aromatic carbocycles. The minimum Gasteiger partial charge on any atom is -0.486 e. The minimum atomic E-state index is -0.0516. The molecule has 0 saturated heterocycles. The molecular formula is C21H20N2O3S2. The number of thioether (sulfide) groups is 1. The Balaban J connectivity index is 1.30. The van der Waals surface area contributed by atoms with Crippen LogP contribution in [-0.2, 0) is 17.0 Å². The van der Waals surface area contributed by atoms with Crippen LogP contribution in [0.2, 0.25) is 0 Å². The first-order chi connectivity index (χ1) is 13.7. The van der Waals surface area contributed by atoms with Gasteiger partial charge in [0.1, 0.15) is 18.2 Å². The molecule has 4 rings (SSSR count). The number of carbonyl (C=O) groups is 1. The molecule has 2 heterocycles. The minimum absolute atomic E-state index is 0.0516. The lowest BCUT2D eigenvalue weighted by atomic mass is 10.2. The van der Waals surface area contributed by atoms with Gasteiger partial charge in [-0.3, -0.25) is 4.79 Å². The molecule has 0 spiro atoms. The van der Waals surface area contributed by atoms with Crippen molar-refractivity contribution < 1.29 is 14.3 Å². The number of amides is 1. The number of nitrogens with one attached hydrogen (secondary N) is 1. The van der Waals surface area contributed by atoms with Crippen molar-refractivity contribution in [2.75, 3.05) is 18.5 Å². The van der Waals surface area contributed by atoms with Gasteiger partial charge in [0.05, 0.1) is 12.1 Å². The molecule has 0 fully saturated rings. The van der Waals surface area contributed by atoms with Crippen LogP contribution >= 0.6 is 23.1 Å². The lowest BCUT2D eigenvalue weighted by Gasteiger charge is -2.18. The Morgan fingerprint density at radius 2 is 1.93 bits per heavy atom. The van der Waals surface area contributed by atoms with E-state index in [9.17, 15) is 4.79 Å². The summed E-state index contributed by atoms with van der Waals surface area (Å²) in [6.45, 7) is 3.20. The molecule has 1 N–H and O–H groups in total. The van der Waals surface area contributed by atoms with E-state index in [1.807, 2.05) is 54.8 Å². The highest BCUT2D eigenvalue weighted by atomic mass is 32.2. The average Bonchev–Trinajstić information content (AvgIpc) is 3.15. The molecule has 1 aromatic heterocycles. The number of benzene rings is 2. The standard InChI is InChI=1S/C21H20N2O3S2/c1-14-2-4-15(5-3-14)22-20(24)11-21-23-16(13-28-21)12-27-17-6-7-18-19(10-17)26-9-8-25-18/h2-7,10,13H,8-9,11-12H2,1H3,(H,22,24). The lowest BCUT2D eigenvalue weighted by molar-refractivity contribution is -0.115. The third-order valence-electron chi connectivity index (χ3n) is 4.15. The maximum atomic E-state index is 12.2. The Kier molecular flexibility index (Phi) is 5.83. The summed E-state index contributed by atoms with van der Waals surface area (Å²) >= 11 is 3.21. The van der Waals surface area contributed by atoms with Gasteiger partial charge >= 0.3 is 0 Å². The number of aryl methyl sites for hydroxylation is 1. The summed E-state index contributed by atoms with van der Waals surface area (Å²) in [7, 11) is 0. The summed E-state index contributed by atoms with van der Waals surface area (Å²) in [5, 5.41) is 5.75. The zero-order chi connectivity index (χ0) is 19.3. The molecule has 0 unspecified atom stereocenters. The van der Waals surface area contributed by atoms with E-state index >= 15 is 0 Å². The molecule has 0 aliphatic carbocycles. The Morgan fingerprint density at radius 1 is 1.14 bits per heavy atom. The Morgan fingerprint density at radius 3 is 2.75 bits per heavy atom. The second kappa shape index (κ2) is 8.67. The summed E-state index contributed by atoms with van der Waals surface area (Å²) in [4.78, 5) is 17.9. The highest BCUT2D eigenvalue weighted by Gasteiger charge is 2.13. The highest BCUT2D eigenvalue weighted by Crippen LogP contribution is 2.35. The zero-order valence-electron chi connectivity index (χ0n) is 15.4. The maximum absolute atomic E-state index is 12.2. The fraction of sp³-hybridized carbons (Fsp3) is 0.238. The van der Waals surface area contributed by atoms with Gasteiger partial charge in [-0.2, -0.15) is 0 Å². The first-order valence-electron chi connectivity index (χ1n) is 8.98. The Bertz CT molecular complexity index is 970. The smallest absolute Gasteiger partial charge is 0.231 e. The van der Waals surface area contributed by atoms with Crippen LogP contribution in [0.15, 0.2) is 52.7 Å². The SMILES string of the molecule is Cc1ccc(NC(=O)Cc2nc(CSc3ccc4c(c3)OCCO4)cs2)cc1. The Labute approximate surface area is 172 Å². The van der Waals surface area contributed by atoms with Crippen molar-refractivity contribution in [2.45, 2.75) is 24.0 Å². The molecule has 0 atom stereocenters. The Hall–Kier alpha value is -2.51. The van der Waals surface area contributed by atoms with Crippen LogP contribution in [0.25, 0.3) is 0 Å². The molecule has 0 saturated carbocycles. The van der Waals surface area contributed by atoms with Gasteiger partial charge in [-0.25, -0.2) is 4.98 Å². The largest absolute Gasteiger partial charge is 0.486 e. The number of carbonyl (C=O) groups excluding carboxylic acids is 1. The molecule has 1 aliphatic heterocycles. The van der Waals surface area contributed by atoms with Crippen LogP contribution in [0.5, 0.6) is 11.5 Å². The number of rotatable bonds is 6. The van der Waals surface area contributed by atoms with Crippen molar-refractivity contribution in [3.63, 3.8) is 0 Å². The van der Waals surface area contributed by atoms with Gasteiger partial charge in [0.15, 0.2) is 11.5 Å². The average molecular weight is 413 g/mol. The highest BCUT2D eigenvalue weighted by molar-refractivity contribution is 7.98. The van der Waals surface area contributed by atoms with Gasteiger partial charge in [-0.05, 0) is 37.3 Å². The van der Waals surface area contributed by atoms with Crippen LogP contribution in [0.1, 0.15) is 16.3 Å². The molecule has 0 bridgehead atoms. The van der Waals surface area contributed by atoms with E-state index in [2.05, 4.69) is 10.3 Å². The second-order valence-electron chi connectivity index (χ2n) is 6.42. The van der Waals surface area contributed by atoms with Crippen molar-refractivity contribution in [1.29, 1.82) is 0 Å². The van der Waals surface area contributed by atoms with Gasteiger partial charge in [0, 0.05) is 21.7 Å². The van der Waals surface area contributed by atoms with Crippen molar-refractivity contribution in [1.82, 2.24) is 4.98 Å².